The molecule has 0 aliphatic rings. The Kier molecular flexibility index (Phi) is 14.5. The van der Waals surface area contributed by atoms with Crippen LogP contribution in [-0.4, -0.2) is 29.9 Å². The zero-order chi connectivity index (χ0) is 37.5. The second-order valence-corrected chi connectivity index (χ2v) is 13.0. The molecule has 0 aliphatic carbocycles. The van der Waals surface area contributed by atoms with Gasteiger partial charge in [-0.1, -0.05) is 36.4 Å². The van der Waals surface area contributed by atoms with Crippen molar-refractivity contribution in [3.05, 3.63) is 146 Å². The molecule has 1 radical (unpaired) electrons. The summed E-state index contributed by atoms with van der Waals surface area (Å²) in [6.07, 6.45) is 10.6. The van der Waals surface area contributed by atoms with E-state index in [-0.39, 0.29) is 16.8 Å². The smallest absolute Gasteiger partial charge is 0.0886 e. The minimum absolute atomic E-state index is 0. The molecule has 279 valence electrons. The normalized spacial score (nSPS) is 13.2. The van der Waals surface area contributed by atoms with Crippen LogP contribution in [0.2, 0.25) is 0 Å². The molecule has 6 rings (SSSR count). The quantitative estimate of drug-likeness (QED) is 0.131. The number of aromatic nitrogens is 6. The summed E-state index contributed by atoms with van der Waals surface area (Å²) in [5, 5.41) is 0. The summed E-state index contributed by atoms with van der Waals surface area (Å²) in [5.74, 6) is 0. The third kappa shape index (κ3) is 27.9. The van der Waals surface area contributed by atoms with Crippen molar-refractivity contribution in [2.24, 2.45) is 0 Å². The van der Waals surface area contributed by atoms with Crippen LogP contribution in [-0.2, 0) is 16.8 Å². The third-order valence-corrected chi connectivity index (χ3v) is 4.78. The molecule has 51 heavy (non-hydrogen) atoms. The summed E-state index contributed by atoms with van der Waals surface area (Å²) < 4.78 is 118. The van der Waals surface area contributed by atoms with Gasteiger partial charge in [-0.15, -0.1) is 0 Å². The van der Waals surface area contributed by atoms with Crippen LogP contribution >= 0.6 is 15.6 Å². The second kappa shape index (κ2) is 16.6. The van der Waals surface area contributed by atoms with Crippen LogP contribution in [0.5, 0.6) is 0 Å². The van der Waals surface area contributed by atoms with Gasteiger partial charge in [0.05, 0.1) is 34.2 Å². The van der Waals surface area contributed by atoms with E-state index in [1.807, 2.05) is 109 Å². The van der Waals surface area contributed by atoms with E-state index in [0.29, 0.717) is 0 Å². The summed E-state index contributed by atoms with van der Waals surface area (Å²) >= 11 is 0. The van der Waals surface area contributed by atoms with Crippen molar-refractivity contribution in [1.82, 2.24) is 29.9 Å². The van der Waals surface area contributed by atoms with Gasteiger partial charge < -0.3 is 0 Å². The number of nitrogens with zero attached hydrogens (tertiary/aromatic N) is 6. The molecule has 0 amide bonds. The standard InChI is InChI=1S/3C10H8N2.Co.2F6P/c3*1-3-7-11-9(5-1)10-6-2-4-8-12-10;;2*1-7(2,3,4,5)6/h3*1-8H;;;/q;;;;2*-1. The van der Waals surface area contributed by atoms with Crippen LogP contribution in [0.3, 0.4) is 0 Å². The van der Waals surface area contributed by atoms with E-state index in [1.165, 1.54) is 0 Å². The van der Waals surface area contributed by atoms with E-state index < -0.39 is 15.6 Å². The summed E-state index contributed by atoms with van der Waals surface area (Å²) in [6.45, 7) is 0. The minimum atomic E-state index is -10.7. The van der Waals surface area contributed by atoms with Gasteiger partial charge in [0.15, 0.2) is 0 Å². The van der Waals surface area contributed by atoms with Crippen LogP contribution in [0, 0.1) is 0 Å². The zero-order valence-corrected chi connectivity index (χ0v) is 28.1. The summed E-state index contributed by atoms with van der Waals surface area (Å²) in [7, 11) is -21.3. The fourth-order valence-corrected chi connectivity index (χ4v) is 3.09. The molecule has 6 heterocycles. The van der Waals surface area contributed by atoms with E-state index in [4.69, 9.17) is 0 Å². The average Bonchev–Trinajstić information content (AvgIpc) is 3.05. The fraction of sp³-hybridized carbons (Fsp3) is 0. The maximum atomic E-state index is 9.87. The molecular formula is C30H24CoF12N6P2-2. The molecule has 21 heteroatoms. The largest absolute Gasteiger partial charge is 0.255 e. The van der Waals surface area contributed by atoms with E-state index in [0.717, 1.165) is 34.2 Å². The molecule has 0 bridgehead atoms. The molecule has 6 aromatic heterocycles. The van der Waals surface area contributed by atoms with Crippen molar-refractivity contribution >= 4 is 15.6 Å². The van der Waals surface area contributed by atoms with Crippen LogP contribution in [0.1, 0.15) is 0 Å². The Morgan fingerprint density at radius 2 is 0.373 bits per heavy atom. The molecule has 0 atom stereocenters. The summed E-state index contributed by atoms with van der Waals surface area (Å²) in [6, 6.07) is 34.8. The van der Waals surface area contributed by atoms with Crippen molar-refractivity contribution in [2.45, 2.75) is 0 Å². The Morgan fingerprint density at radius 3 is 0.451 bits per heavy atom. The summed E-state index contributed by atoms with van der Waals surface area (Å²) in [4.78, 5) is 25.1. The predicted octanol–water partition coefficient (Wildman–Crippen LogP) is 13.2. The maximum Gasteiger partial charge on any atom is 0.0886 e. The Morgan fingerprint density at radius 1 is 0.255 bits per heavy atom. The van der Waals surface area contributed by atoms with Gasteiger partial charge in [0, 0.05) is 54.0 Å². The first-order chi connectivity index (χ1) is 22.8. The molecule has 0 fully saturated rings. The van der Waals surface area contributed by atoms with E-state index >= 15 is 0 Å². The van der Waals surface area contributed by atoms with Gasteiger partial charge in [-0.2, -0.15) is 0 Å². The van der Waals surface area contributed by atoms with E-state index in [9.17, 15) is 50.4 Å². The topological polar surface area (TPSA) is 77.3 Å². The first-order valence-electron chi connectivity index (χ1n) is 13.4. The number of hydrogen-bond acceptors (Lipinski definition) is 6. The van der Waals surface area contributed by atoms with Crippen molar-refractivity contribution in [2.75, 3.05) is 0 Å². The molecule has 6 aromatic rings. The third-order valence-electron chi connectivity index (χ3n) is 4.78. The Hall–Kier alpha value is -4.57. The van der Waals surface area contributed by atoms with E-state index in [1.54, 1.807) is 37.2 Å². The Labute approximate surface area is 292 Å². The molecule has 0 aliphatic heterocycles. The van der Waals surface area contributed by atoms with Crippen LogP contribution in [0.25, 0.3) is 34.2 Å². The van der Waals surface area contributed by atoms with Gasteiger partial charge >= 0.3 is 66.0 Å². The Bertz CT molecular complexity index is 1510. The molecule has 6 nitrogen and oxygen atoms in total. The number of pyridine rings is 6. The fourth-order valence-electron chi connectivity index (χ4n) is 3.09. The van der Waals surface area contributed by atoms with Gasteiger partial charge in [-0.05, 0) is 72.8 Å². The van der Waals surface area contributed by atoms with Crippen LogP contribution < -0.4 is 0 Å². The molecule has 0 saturated carbocycles. The van der Waals surface area contributed by atoms with Gasteiger partial charge in [0.2, 0.25) is 0 Å². The van der Waals surface area contributed by atoms with Crippen molar-refractivity contribution < 1.29 is 67.1 Å². The SMILES string of the molecule is F[P-](F)(F)(F)(F)F.F[P-](F)(F)(F)(F)F.[Co].c1ccc(-c2ccccn2)nc1.c1ccc(-c2ccccn2)nc1.c1ccc(-c2ccccn2)nc1. The number of halogens is 12. The van der Waals surface area contributed by atoms with Gasteiger partial charge in [0.1, 0.15) is 0 Å². The first kappa shape index (κ1) is 44.4. The monoisotopic (exact) mass is 817 g/mol. The van der Waals surface area contributed by atoms with Gasteiger partial charge in [0.25, 0.3) is 0 Å². The second-order valence-electron chi connectivity index (χ2n) is 9.21. The molecule has 0 saturated heterocycles. The van der Waals surface area contributed by atoms with Crippen molar-refractivity contribution in [3.63, 3.8) is 0 Å². The maximum absolute atomic E-state index is 10.7. The predicted molar refractivity (Wildman–Crippen MR) is 170 cm³/mol. The first-order valence-corrected chi connectivity index (χ1v) is 17.5. The number of hydrogen-bond donors (Lipinski definition) is 0. The molecule has 0 spiro atoms. The summed E-state index contributed by atoms with van der Waals surface area (Å²) in [5.41, 5.74) is 5.49. The van der Waals surface area contributed by atoms with Crippen LogP contribution in [0.15, 0.2) is 146 Å². The van der Waals surface area contributed by atoms with Crippen molar-refractivity contribution in [3.8, 4) is 34.2 Å². The van der Waals surface area contributed by atoms with Crippen LogP contribution in [0.4, 0.5) is 50.4 Å². The van der Waals surface area contributed by atoms with Gasteiger partial charge in [-0.25, -0.2) is 0 Å². The molecule has 0 unspecified atom stereocenters. The molecule has 0 aromatic carbocycles. The number of rotatable bonds is 3. The zero-order valence-electron chi connectivity index (χ0n) is 25.3. The Balaban J connectivity index is 0.000000325. The van der Waals surface area contributed by atoms with E-state index in [2.05, 4.69) is 29.9 Å². The molecular weight excluding hydrogens is 793 g/mol. The molecule has 0 N–H and O–H groups in total. The average molecular weight is 817 g/mol. The minimum Gasteiger partial charge on any atom is -0.255 e. The van der Waals surface area contributed by atoms with Gasteiger partial charge in [-0.3, -0.25) is 29.9 Å². The van der Waals surface area contributed by atoms with Crippen molar-refractivity contribution in [1.29, 1.82) is 0 Å².